The van der Waals surface area contributed by atoms with Gasteiger partial charge in [-0.25, -0.2) is 0 Å². The van der Waals surface area contributed by atoms with Crippen LogP contribution in [0.5, 0.6) is 0 Å². The molecule has 0 aliphatic carbocycles. The van der Waals surface area contributed by atoms with Crippen LogP contribution < -0.4 is 0 Å². The molecule has 13 heavy (non-hydrogen) atoms. The maximum absolute atomic E-state index is 11.3. The average Bonchev–Trinajstić information content (AvgIpc) is 2.04. The Morgan fingerprint density at radius 3 is 2.15 bits per heavy atom. The minimum Gasteiger partial charge on any atom is -0.287 e. The van der Waals surface area contributed by atoms with Crippen molar-refractivity contribution in [1.82, 2.24) is 0 Å². The molecule has 0 saturated heterocycles. The lowest BCUT2D eigenvalue weighted by Gasteiger charge is -1.97. The zero-order chi connectivity index (χ0) is 9.84. The summed E-state index contributed by atoms with van der Waals surface area (Å²) in [5, 5.41) is -0.363. The molecule has 0 atom stereocenters. The SMILES string of the molecule is CC(=O)SC(=O)c1ccc(C)cc1. The Morgan fingerprint density at radius 1 is 1.15 bits per heavy atom. The quantitative estimate of drug-likeness (QED) is 0.688. The Kier molecular flexibility index (Phi) is 3.25. The van der Waals surface area contributed by atoms with E-state index in [2.05, 4.69) is 0 Å². The molecule has 0 aromatic heterocycles. The predicted octanol–water partition coefficient (Wildman–Crippen LogP) is 2.41. The molecule has 68 valence electrons. The van der Waals surface area contributed by atoms with Crippen LogP contribution in [0.3, 0.4) is 0 Å². The maximum atomic E-state index is 11.3. The van der Waals surface area contributed by atoms with Gasteiger partial charge in [0.2, 0.25) is 5.12 Å². The van der Waals surface area contributed by atoms with Crippen LogP contribution >= 0.6 is 11.8 Å². The third kappa shape index (κ3) is 3.03. The van der Waals surface area contributed by atoms with Crippen molar-refractivity contribution in [2.75, 3.05) is 0 Å². The van der Waals surface area contributed by atoms with Crippen molar-refractivity contribution in [2.24, 2.45) is 0 Å². The third-order valence-corrected chi connectivity index (χ3v) is 2.23. The smallest absolute Gasteiger partial charge is 0.226 e. The first kappa shape index (κ1) is 9.99. The second kappa shape index (κ2) is 4.23. The molecule has 0 aliphatic heterocycles. The van der Waals surface area contributed by atoms with Gasteiger partial charge >= 0.3 is 0 Å². The van der Waals surface area contributed by atoms with Crippen LogP contribution in [-0.2, 0) is 4.79 Å². The summed E-state index contributed by atoms with van der Waals surface area (Å²) in [6.07, 6.45) is 0. The number of benzene rings is 1. The zero-order valence-corrected chi connectivity index (χ0v) is 8.35. The Balaban J connectivity index is 2.78. The first-order valence-corrected chi connectivity index (χ1v) is 4.70. The number of rotatable bonds is 1. The van der Waals surface area contributed by atoms with E-state index in [1.54, 1.807) is 12.1 Å². The Bertz CT molecular complexity index is 327. The highest BCUT2D eigenvalue weighted by Gasteiger charge is 2.08. The fourth-order valence-corrected chi connectivity index (χ4v) is 1.39. The van der Waals surface area contributed by atoms with E-state index in [4.69, 9.17) is 0 Å². The normalized spacial score (nSPS) is 9.69. The maximum Gasteiger partial charge on any atom is 0.226 e. The van der Waals surface area contributed by atoms with E-state index in [0.29, 0.717) is 5.56 Å². The van der Waals surface area contributed by atoms with Crippen molar-refractivity contribution in [2.45, 2.75) is 13.8 Å². The molecule has 0 bridgehead atoms. The molecule has 0 saturated carbocycles. The molecule has 0 amide bonds. The van der Waals surface area contributed by atoms with E-state index in [-0.39, 0.29) is 10.2 Å². The van der Waals surface area contributed by atoms with Gasteiger partial charge in [0.05, 0.1) is 0 Å². The minimum atomic E-state index is -0.187. The molecule has 0 spiro atoms. The van der Waals surface area contributed by atoms with Crippen LogP contribution in [0, 0.1) is 6.92 Å². The van der Waals surface area contributed by atoms with Crippen molar-refractivity contribution >= 4 is 22.0 Å². The Labute approximate surface area is 81.3 Å². The first-order valence-electron chi connectivity index (χ1n) is 3.89. The molecule has 0 unspecified atom stereocenters. The standard InChI is InChI=1S/C10H10O2S/c1-7-3-5-9(6-4-7)10(12)13-8(2)11/h3-6H,1-2H3. The molecule has 0 radical (unpaired) electrons. The van der Waals surface area contributed by atoms with Crippen molar-refractivity contribution in [1.29, 1.82) is 0 Å². The number of hydrogen-bond acceptors (Lipinski definition) is 3. The van der Waals surface area contributed by atoms with Crippen LogP contribution in [0.25, 0.3) is 0 Å². The summed E-state index contributed by atoms with van der Waals surface area (Å²) in [6.45, 7) is 3.34. The van der Waals surface area contributed by atoms with E-state index in [9.17, 15) is 9.59 Å². The van der Waals surface area contributed by atoms with E-state index < -0.39 is 0 Å². The van der Waals surface area contributed by atoms with Crippen LogP contribution in [0.1, 0.15) is 22.8 Å². The zero-order valence-electron chi connectivity index (χ0n) is 7.53. The number of carbonyl (C=O) groups excluding carboxylic acids is 2. The summed E-state index contributed by atoms with van der Waals surface area (Å²) in [4.78, 5) is 21.9. The lowest BCUT2D eigenvalue weighted by molar-refractivity contribution is -0.109. The topological polar surface area (TPSA) is 34.1 Å². The van der Waals surface area contributed by atoms with Crippen LogP contribution in [0.15, 0.2) is 24.3 Å². The molecular weight excluding hydrogens is 184 g/mol. The molecule has 1 aromatic rings. The van der Waals surface area contributed by atoms with Gasteiger partial charge in [-0.15, -0.1) is 0 Å². The minimum absolute atomic E-state index is 0.175. The molecule has 0 N–H and O–H groups in total. The third-order valence-electron chi connectivity index (χ3n) is 1.52. The summed E-state index contributed by atoms with van der Waals surface area (Å²) in [6, 6.07) is 7.17. The highest BCUT2D eigenvalue weighted by atomic mass is 32.2. The van der Waals surface area contributed by atoms with E-state index in [1.807, 2.05) is 19.1 Å². The monoisotopic (exact) mass is 194 g/mol. The van der Waals surface area contributed by atoms with Gasteiger partial charge in [-0.3, -0.25) is 9.59 Å². The Morgan fingerprint density at radius 2 is 1.69 bits per heavy atom. The van der Waals surface area contributed by atoms with Crippen LogP contribution in [0.2, 0.25) is 0 Å². The van der Waals surface area contributed by atoms with Gasteiger partial charge in [0, 0.05) is 12.5 Å². The molecule has 0 aliphatic rings. The highest BCUT2D eigenvalue weighted by Crippen LogP contribution is 2.13. The summed E-state index contributed by atoms with van der Waals surface area (Å²) in [5.74, 6) is 0. The number of aryl methyl sites for hydroxylation is 1. The fraction of sp³-hybridized carbons (Fsp3) is 0.200. The molecule has 3 heteroatoms. The highest BCUT2D eigenvalue weighted by molar-refractivity contribution is 8.26. The predicted molar refractivity (Wildman–Crippen MR) is 53.8 cm³/mol. The second-order valence-corrected chi connectivity index (χ2v) is 3.90. The van der Waals surface area contributed by atoms with Gasteiger partial charge in [0.25, 0.3) is 0 Å². The average molecular weight is 194 g/mol. The van der Waals surface area contributed by atoms with Crippen LogP contribution in [0.4, 0.5) is 0 Å². The lowest BCUT2D eigenvalue weighted by Crippen LogP contribution is -1.96. The lowest BCUT2D eigenvalue weighted by atomic mass is 10.2. The molecule has 0 heterocycles. The van der Waals surface area contributed by atoms with Gasteiger partial charge < -0.3 is 0 Å². The van der Waals surface area contributed by atoms with Gasteiger partial charge in [0.15, 0.2) is 5.12 Å². The van der Waals surface area contributed by atoms with Gasteiger partial charge in [-0.1, -0.05) is 29.8 Å². The van der Waals surface area contributed by atoms with E-state index in [1.165, 1.54) is 6.92 Å². The van der Waals surface area contributed by atoms with E-state index >= 15 is 0 Å². The molecule has 0 fully saturated rings. The van der Waals surface area contributed by atoms with Crippen molar-refractivity contribution in [3.05, 3.63) is 35.4 Å². The molecular formula is C10H10O2S. The van der Waals surface area contributed by atoms with Gasteiger partial charge in [-0.2, -0.15) is 0 Å². The summed E-state index contributed by atoms with van der Waals surface area (Å²) in [7, 11) is 0. The molecule has 1 aromatic carbocycles. The van der Waals surface area contributed by atoms with Gasteiger partial charge in [0.1, 0.15) is 0 Å². The van der Waals surface area contributed by atoms with Crippen molar-refractivity contribution in [3.63, 3.8) is 0 Å². The summed E-state index contributed by atoms with van der Waals surface area (Å²) < 4.78 is 0. The molecule has 1 rings (SSSR count). The number of hydrogen-bond donors (Lipinski definition) is 0. The fourth-order valence-electron chi connectivity index (χ4n) is 0.879. The Hall–Kier alpha value is -1.09. The van der Waals surface area contributed by atoms with E-state index in [0.717, 1.165) is 17.3 Å². The van der Waals surface area contributed by atoms with Crippen molar-refractivity contribution < 1.29 is 9.59 Å². The summed E-state index contributed by atoms with van der Waals surface area (Å²) >= 11 is 0.736. The second-order valence-electron chi connectivity index (χ2n) is 2.75. The van der Waals surface area contributed by atoms with Crippen LogP contribution in [-0.4, -0.2) is 10.2 Å². The molecule has 2 nitrogen and oxygen atoms in total. The van der Waals surface area contributed by atoms with Crippen molar-refractivity contribution in [3.8, 4) is 0 Å². The number of thioether (sulfide) groups is 1. The first-order chi connectivity index (χ1) is 6.09. The largest absolute Gasteiger partial charge is 0.287 e. The summed E-state index contributed by atoms with van der Waals surface area (Å²) in [5.41, 5.74) is 1.68. The van der Waals surface area contributed by atoms with Gasteiger partial charge in [-0.05, 0) is 18.7 Å². The number of carbonyl (C=O) groups is 2.